The predicted octanol–water partition coefficient (Wildman–Crippen LogP) is 3.61. The zero-order valence-electron chi connectivity index (χ0n) is 17.1. The van der Waals surface area contributed by atoms with Crippen LogP contribution < -0.4 is 0 Å². The maximum absolute atomic E-state index is 4.42. The van der Waals surface area contributed by atoms with Crippen LogP contribution in [0, 0.1) is 0 Å². The Balaban J connectivity index is 1.16. The molecule has 0 bridgehead atoms. The molecule has 5 rings (SSSR count). The lowest BCUT2D eigenvalue weighted by molar-refractivity contribution is 0.0844. The largest absolute Gasteiger partial charge is 0.329 e. The Bertz CT molecular complexity index is 925. The van der Waals surface area contributed by atoms with E-state index in [4.69, 9.17) is 0 Å². The van der Waals surface area contributed by atoms with Crippen LogP contribution in [0.25, 0.3) is 0 Å². The third kappa shape index (κ3) is 4.29. The number of hydrogen-bond donors (Lipinski definition) is 0. The van der Waals surface area contributed by atoms with Gasteiger partial charge in [-0.05, 0) is 36.0 Å². The summed E-state index contributed by atoms with van der Waals surface area (Å²) in [7, 11) is 0. The maximum atomic E-state index is 4.42. The fourth-order valence-corrected chi connectivity index (χ4v) is 4.91. The molecule has 0 saturated carbocycles. The fourth-order valence-electron chi connectivity index (χ4n) is 4.91. The molecule has 3 aromatic rings. The van der Waals surface area contributed by atoms with Crippen molar-refractivity contribution in [1.29, 1.82) is 0 Å². The van der Waals surface area contributed by atoms with Gasteiger partial charge in [-0.25, -0.2) is 4.98 Å². The number of fused-ring (bicyclic) bond motifs is 1. The predicted molar refractivity (Wildman–Crippen MR) is 117 cm³/mol. The van der Waals surface area contributed by atoms with Crippen LogP contribution >= 0.6 is 0 Å². The molecule has 1 saturated heterocycles. The molecule has 0 radical (unpaired) electrons. The number of nitrogens with zero attached hydrogens (tertiary/aromatic N) is 4. The van der Waals surface area contributed by atoms with E-state index in [1.54, 1.807) is 11.1 Å². The van der Waals surface area contributed by atoms with Crippen molar-refractivity contribution >= 4 is 0 Å². The number of hydrogen-bond acceptors (Lipinski definition) is 3. The van der Waals surface area contributed by atoms with E-state index in [9.17, 15) is 0 Å². The first-order chi connectivity index (χ1) is 14.3. The van der Waals surface area contributed by atoms with Gasteiger partial charge in [-0.2, -0.15) is 0 Å². The monoisotopic (exact) mass is 386 g/mol. The van der Waals surface area contributed by atoms with Crippen LogP contribution in [-0.4, -0.2) is 51.6 Å². The summed E-state index contributed by atoms with van der Waals surface area (Å²) < 4.78 is 2.29. The minimum Gasteiger partial charge on any atom is -0.329 e. The molecule has 0 spiro atoms. The number of aromatic nitrogens is 2. The van der Waals surface area contributed by atoms with Gasteiger partial charge in [0.15, 0.2) is 0 Å². The van der Waals surface area contributed by atoms with Gasteiger partial charge in [-0.1, -0.05) is 54.6 Å². The molecule has 1 unspecified atom stereocenters. The van der Waals surface area contributed by atoms with E-state index >= 15 is 0 Å². The van der Waals surface area contributed by atoms with Crippen molar-refractivity contribution in [2.45, 2.75) is 38.4 Å². The zero-order chi connectivity index (χ0) is 19.5. The molecule has 4 heteroatoms. The van der Waals surface area contributed by atoms with Crippen LogP contribution in [0.15, 0.2) is 67.1 Å². The second kappa shape index (κ2) is 8.52. The van der Waals surface area contributed by atoms with E-state index in [0.717, 1.165) is 32.2 Å². The smallest absolute Gasteiger partial charge is 0.0951 e. The van der Waals surface area contributed by atoms with E-state index in [0.29, 0.717) is 0 Å². The van der Waals surface area contributed by atoms with Crippen molar-refractivity contribution in [2.75, 3.05) is 26.2 Å². The topological polar surface area (TPSA) is 24.3 Å². The van der Waals surface area contributed by atoms with Gasteiger partial charge in [0.05, 0.1) is 12.0 Å². The summed E-state index contributed by atoms with van der Waals surface area (Å²) in [6, 6.07) is 20.4. The van der Waals surface area contributed by atoms with E-state index in [1.807, 2.05) is 12.5 Å². The van der Waals surface area contributed by atoms with Gasteiger partial charge in [0.25, 0.3) is 0 Å². The molecule has 2 aliphatic rings. The SMILES string of the molecule is c1ccc(Cn2cncc2CN2CCN(C3CCc4ccccc4C3)CC2)cc1. The van der Waals surface area contributed by atoms with Gasteiger partial charge in [-0.15, -0.1) is 0 Å². The van der Waals surface area contributed by atoms with Crippen LogP contribution in [0.1, 0.15) is 28.8 Å². The minimum absolute atomic E-state index is 0.718. The molecule has 2 heterocycles. The summed E-state index contributed by atoms with van der Waals surface area (Å²) in [5.41, 5.74) is 5.77. The Morgan fingerprint density at radius 2 is 1.59 bits per heavy atom. The standard InChI is InChI=1S/C25H30N4/c1-2-6-21(7-3-1)18-29-20-26-17-25(29)19-27-12-14-28(15-13-27)24-11-10-22-8-4-5-9-23(22)16-24/h1-9,17,20,24H,10-16,18-19H2. The summed E-state index contributed by atoms with van der Waals surface area (Å²) in [5.74, 6) is 0. The molecule has 1 aromatic heterocycles. The Kier molecular flexibility index (Phi) is 5.46. The molecule has 29 heavy (non-hydrogen) atoms. The Labute approximate surface area is 173 Å². The van der Waals surface area contributed by atoms with E-state index in [-0.39, 0.29) is 0 Å². The summed E-state index contributed by atoms with van der Waals surface area (Å²) in [6.45, 7) is 6.55. The summed E-state index contributed by atoms with van der Waals surface area (Å²) >= 11 is 0. The minimum atomic E-state index is 0.718. The van der Waals surface area contributed by atoms with Crippen molar-refractivity contribution in [1.82, 2.24) is 19.4 Å². The molecular weight excluding hydrogens is 356 g/mol. The number of imidazole rings is 1. The van der Waals surface area contributed by atoms with E-state index < -0.39 is 0 Å². The van der Waals surface area contributed by atoms with Gasteiger partial charge in [0.1, 0.15) is 0 Å². The number of benzene rings is 2. The zero-order valence-corrected chi connectivity index (χ0v) is 17.1. The quantitative estimate of drug-likeness (QED) is 0.670. The van der Waals surface area contributed by atoms with Crippen LogP contribution in [0.5, 0.6) is 0 Å². The molecule has 1 fully saturated rings. The maximum Gasteiger partial charge on any atom is 0.0951 e. The van der Waals surface area contributed by atoms with Gasteiger partial charge in [-0.3, -0.25) is 9.80 Å². The Morgan fingerprint density at radius 1 is 0.828 bits per heavy atom. The highest BCUT2D eigenvalue weighted by atomic mass is 15.3. The van der Waals surface area contributed by atoms with E-state index in [2.05, 4.69) is 73.9 Å². The first kappa shape index (κ1) is 18.6. The number of aryl methyl sites for hydroxylation is 1. The first-order valence-electron chi connectivity index (χ1n) is 10.9. The second-order valence-electron chi connectivity index (χ2n) is 8.48. The van der Waals surface area contributed by atoms with Crippen molar-refractivity contribution in [3.63, 3.8) is 0 Å². The van der Waals surface area contributed by atoms with Crippen molar-refractivity contribution in [3.05, 3.63) is 89.5 Å². The van der Waals surface area contributed by atoms with Crippen molar-refractivity contribution < 1.29 is 0 Å². The van der Waals surface area contributed by atoms with Gasteiger partial charge in [0.2, 0.25) is 0 Å². The lowest BCUT2D eigenvalue weighted by atomic mass is 9.87. The lowest BCUT2D eigenvalue weighted by Crippen LogP contribution is -2.51. The van der Waals surface area contributed by atoms with Crippen LogP contribution in [0.3, 0.4) is 0 Å². The highest BCUT2D eigenvalue weighted by Gasteiger charge is 2.27. The van der Waals surface area contributed by atoms with Crippen LogP contribution in [0.2, 0.25) is 0 Å². The highest BCUT2D eigenvalue weighted by Crippen LogP contribution is 2.25. The second-order valence-corrected chi connectivity index (χ2v) is 8.48. The van der Waals surface area contributed by atoms with E-state index in [1.165, 1.54) is 43.6 Å². The highest BCUT2D eigenvalue weighted by molar-refractivity contribution is 5.30. The molecule has 150 valence electrons. The number of piperazine rings is 1. The van der Waals surface area contributed by atoms with Crippen molar-refractivity contribution in [3.8, 4) is 0 Å². The average molecular weight is 387 g/mol. The van der Waals surface area contributed by atoms with Crippen molar-refractivity contribution in [2.24, 2.45) is 0 Å². The average Bonchev–Trinajstić information content (AvgIpc) is 3.21. The lowest BCUT2D eigenvalue weighted by Gasteiger charge is -2.41. The third-order valence-electron chi connectivity index (χ3n) is 6.62. The normalized spacial score (nSPS) is 20.5. The first-order valence-corrected chi connectivity index (χ1v) is 10.9. The van der Waals surface area contributed by atoms with Gasteiger partial charge in [0, 0.05) is 51.5 Å². The molecule has 2 aromatic carbocycles. The Hall–Kier alpha value is -2.43. The molecule has 1 atom stereocenters. The summed E-state index contributed by atoms with van der Waals surface area (Å²) in [4.78, 5) is 9.74. The number of rotatable bonds is 5. The van der Waals surface area contributed by atoms with Crippen LogP contribution in [0.4, 0.5) is 0 Å². The van der Waals surface area contributed by atoms with Gasteiger partial charge < -0.3 is 4.57 Å². The molecule has 1 aliphatic carbocycles. The third-order valence-corrected chi connectivity index (χ3v) is 6.62. The molecule has 1 aliphatic heterocycles. The Morgan fingerprint density at radius 3 is 2.41 bits per heavy atom. The summed E-state index contributed by atoms with van der Waals surface area (Å²) in [5, 5.41) is 0. The molecule has 4 nitrogen and oxygen atoms in total. The molecule has 0 N–H and O–H groups in total. The summed E-state index contributed by atoms with van der Waals surface area (Å²) in [6.07, 6.45) is 7.77. The fraction of sp³-hybridized carbons (Fsp3) is 0.400. The van der Waals surface area contributed by atoms with Crippen LogP contribution in [-0.2, 0) is 25.9 Å². The van der Waals surface area contributed by atoms with Gasteiger partial charge >= 0.3 is 0 Å². The molecule has 0 amide bonds. The molecular formula is C25H30N4.